The Morgan fingerprint density at radius 3 is 2.62 bits per heavy atom. The summed E-state index contributed by atoms with van der Waals surface area (Å²) in [5.41, 5.74) is 2.16. The van der Waals surface area contributed by atoms with Gasteiger partial charge in [0.05, 0.1) is 12.2 Å². The van der Waals surface area contributed by atoms with Crippen molar-refractivity contribution in [2.75, 3.05) is 18.1 Å². The quantitative estimate of drug-likeness (QED) is 0.227. The third kappa shape index (κ3) is 4.66. The number of nitriles is 1. The van der Waals surface area contributed by atoms with Crippen LogP contribution in [0.3, 0.4) is 0 Å². The van der Waals surface area contributed by atoms with Crippen LogP contribution in [-0.2, 0) is 11.2 Å². The fraction of sp³-hybridized carbons (Fsp3) is 0.148. The first kappa shape index (κ1) is 22.7. The molecule has 0 fully saturated rings. The number of carbonyl (C=O) groups is 2. The molecular weight excluding hydrogens is 435 g/mol. The molecule has 4 rings (SSSR count). The minimum absolute atomic E-state index is 0.0322. The van der Waals surface area contributed by atoms with Crippen molar-refractivity contribution in [3.05, 3.63) is 94.8 Å². The normalized spacial score (nSPS) is 12.6. The average molecular weight is 456 g/mol. The van der Waals surface area contributed by atoms with Crippen LogP contribution in [0.2, 0.25) is 0 Å². The van der Waals surface area contributed by atoms with E-state index in [0.29, 0.717) is 12.1 Å². The van der Waals surface area contributed by atoms with E-state index < -0.39 is 11.8 Å². The number of anilines is 1. The number of amides is 1. The van der Waals surface area contributed by atoms with Crippen molar-refractivity contribution in [2.24, 2.45) is 0 Å². The maximum atomic E-state index is 13.9. The van der Waals surface area contributed by atoms with Crippen LogP contribution >= 0.6 is 0 Å². The number of halogens is 1. The summed E-state index contributed by atoms with van der Waals surface area (Å²) >= 11 is 0. The molecule has 0 spiro atoms. The van der Waals surface area contributed by atoms with Crippen LogP contribution in [0.25, 0.3) is 6.08 Å². The number of hydrogen-bond acceptors (Lipinski definition) is 5. The van der Waals surface area contributed by atoms with E-state index in [-0.39, 0.29) is 35.1 Å². The van der Waals surface area contributed by atoms with Gasteiger partial charge < -0.3 is 14.4 Å². The van der Waals surface area contributed by atoms with Crippen LogP contribution in [0.4, 0.5) is 10.1 Å². The van der Waals surface area contributed by atoms with Crippen LogP contribution in [0.5, 0.6) is 11.5 Å². The highest BCUT2D eigenvalue weighted by molar-refractivity contribution is 6.12. The third-order valence-electron chi connectivity index (χ3n) is 5.36. The SMILES string of the molecule is CCOc1cc(C=C(C#N)C(=O)N2CCc3ccccc32)ccc1OC(=O)c1ccccc1F. The number of ether oxygens (including phenoxy) is 2. The lowest BCUT2D eigenvalue weighted by molar-refractivity contribution is -0.114. The lowest BCUT2D eigenvalue weighted by Crippen LogP contribution is -2.29. The highest BCUT2D eigenvalue weighted by Gasteiger charge is 2.26. The Labute approximate surface area is 196 Å². The van der Waals surface area contributed by atoms with E-state index in [0.717, 1.165) is 17.7 Å². The molecule has 1 heterocycles. The van der Waals surface area contributed by atoms with Gasteiger partial charge in [-0.15, -0.1) is 0 Å². The van der Waals surface area contributed by atoms with E-state index in [2.05, 4.69) is 0 Å². The summed E-state index contributed by atoms with van der Waals surface area (Å²) in [5, 5.41) is 9.66. The minimum Gasteiger partial charge on any atom is -0.490 e. The Kier molecular flexibility index (Phi) is 6.69. The smallest absolute Gasteiger partial charge is 0.346 e. The molecule has 34 heavy (non-hydrogen) atoms. The molecule has 0 aliphatic carbocycles. The number of carbonyl (C=O) groups excluding carboxylic acids is 2. The number of hydrogen-bond donors (Lipinski definition) is 0. The summed E-state index contributed by atoms with van der Waals surface area (Å²) in [6.07, 6.45) is 2.20. The fourth-order valence-electron chi connectivity index (χ4n) is 3.75. The second kappa shape index (κ2) is 10.0. The van der Waals surface area contributed by atoms with Gasteiger partial charge in [0.15, 0.2) is 11.5 Å². The van der Waals surface area contributed by atoms with Gasteiger partial charge in [-0.2, -0.15) is 5.26 Å². The molecule has 0 N–H and O–H groups in total. The molecule has 1 aliphatic rings. The Balaban J connectivity index is 1.60. The standard InChI is InChI=1S/C27H21FN2O4/c1-2-33-25-16-18(11-12-24(25)34-27(32)21-8-4-5-9-22(21)28)15-20(17-29)26(31)30-14-13-19-7-3-6-10-23(19)30/h3-12,15-16H,2,13-14H2,1H3. The number of rotatable bonds is 6. The fourth-order valence-corrected chi connectivity index (χ4v) is 3.75. The average Bonchev–Trinajstić information content (AvgIpc) is 3.28. The molecule has 0 saturated heterocycles. The topological polar surface area (TPSA) is 79.6 Å². The number of esters is 1. The van der Waals surface area contributed by atoms with E-state index in [9.17, 15) is 19.2 Å². The first-order valence-electron chi connectivity index (χ1n) is 10.8. The molecule has 0 aromatic heterocycles. The Bertz CT molecular complexity index is 1330. The molecule has 0 unspecified atom stereocenters. The van der Waals surface area contributed by atoms with Crippen molar-refractivity contribution in [3.63, 3.8) is 0 Å². The highest BCUT2D eigenvalue weighted by atomic mass is 19.1. The van der Waals surface area contributed by atoms with Gasteiger partial charge in [0.2, 0.25) is 0 Å². The van der Waals surface area contributed by atoms with Crippen molar-refractivity contribution in [2.45, 2.75) is 13.3 Å². The van der Waals surface area contributed by atoms with Crippen LogP contribution in [0.1, 0.15) is 28.4 Å². The monoisotopic (exact) mass is 456 g/mol. The third-order valence-corrected chi connectivity index (χ3v) is 5.36. The highest BCUT2D eigenvalue weighted by Crippen LogP contribution is 2.32. The van der Waals surface area contributed by atoms with Crippen molar-refractivity contribution in [1.82, 2.24) is 0 Å². The van der Waals surface area contributed by atoms with E-state index in [4.69, 9.17) is 9.47 Å². The Morgan fingerprint density at radius 2 is 1.85 bits per heavy atom. The zero-order valence-corrected chi connectivity index (χ0v) is 18.5. The molecule has 3 aromatic carbocycles. The minimum atomic E-state index is -0.858. The van der Waals surface area contributed by atoms with Gasteiger partial charge in [0.1, 0.15) is 17.5 Å². The summed E-state index contributed by atoms with van der Waals surface area (Å²) in [5.74, 6) is -1.60. The van der Waals surface area contributed by atoms with Crippen LogP contribution < -0.4 is 14.4 Å². The van der Waals surface area contributed by atoms with Crippen LogP contribution in [0, 0.1) is 17.1 Å². The zero-order valence-electron chi connectivity index (χ0n) is 18.5. The van der Waals surface area contributed by atoms with E-state index in [1.807, 2.05) is 30.3 Å². The van der Waals surface area contributed by atoms with Gasteiger partial charge in [-0.25, -0.2) is 9.18 Å². The molecule has 7 heteroatoms. The van der Waals surface area contributed by atoms with E-state index in [1.165, 1.54) is 36.4 Å². The Morgan fingerprint density at radius 1 is 1.09 bits per heavy atom. The molecule has 0 bridgehead atoms. The molecule has 0 saturated carbocycles. The van der Waals surface area contributed by atoms with Gasteiger partial charge in [-0.1, -0.05) is 36.4 Å². The molecule has 1 aliphatic heterocycles. The first-order valence-corrected chi connectivity index (χ1v) is 10.8. The number of para-hydroxylation sites is 1. The molecule has 0 atom stereocenters. The van der Waals surface area contributed by atoms with Crippen molar-refractivity contribution < 1.29 is 23.5 Å². The lowest BCUT2D eigenvalue weighted by atomic mass is 10.1. The summed E-state index contributed by atoms with van der Waals surface area (Å²) in [6, 6.07) is 19.8. The number of nitrogens with zero attached hydrogens (tertiary/aromatic N) is 2. The Hall–Kier alpha value is -4.44. The van der Waals surface area contributed by atoms with Gasteiger partial charge in [0, 0.05) is 12.2 Å². The van der Waals surface area contributed by atoms with Gasteiger partial charge in [0.25, 0.3) is 5.91 Å². The number of fused-ring (bicyclic) bond motifs is 1. The zero-order chi connectivity index (χ0) is 24.1. The molecule has 1 amide bonds. The van der Waals surface area contributed by atoms with Gasteiger partial charge in [-0.3, -0.25) is 4.79 Å². The van der Waals surface area contributed by atoms with E-state index in [1.54, 1.807) is 24.0 Å². The summed E-state index contributed by atoms with van der Waals surface area (Å²) in [4.78, 5) is 27.1. The first-order chi connectivity index (χ1) is 16.5. The largest absolute Gasteiger partial charge is 0.490 e. The van der Waals surface area contributed by atoms with Crippen LogP contribution in [0.15, 0.2) is 72.3 Å². The predicted molar refractivity (Wildman–Crippen MR) is 125 cm³/mol. The second-order valence-corrected chi connectivity index (χ2v) is 7.51. The molecule has 170 valence electrons. The lowest BCUT2D eigenvalue weighted by Gasteiger charge is -2.16. The molecule has 6 nitrogen and oxygen atoms in total. The molecule has 3 aromatic rings. The summed E-state index contributed by atoms with van der Waals surface area (Å²) in [7, 11) is 0. The maximum Gasteiger partial charge on any atom is 0.346 e. The second-order valence-electron chi connectivity index (χ2n) is 7.51. The van der Waals surface area contributed by atoms with Crippen molar-refractivity contribution >= 4 is 23.6 Å². The molecule has 0 radical (unpaired) electrons. The summed E-state index contributed by atoms with van der Waals surface area (Å²) in [6.45, 7) is 2.55. The van der Waals surface area contributed by atoms with Gasteiger partial charge in [-0.05, 0) is 60.9 Å². The van der Waals surface area contributed by atoms with Crippen molar-refractivity contribution in [3.8, 4) is 17.6 Å². The predicted octanol–water partition coefficient (Wildman–Crippen LogP) is 4.94. The molecular formula is C27H21FN2O4. The van der Waals surface area contributed by atoms with Crippen LogP contribution in [-0.4, -0.2) is 25.0 Å². The summed E-state index contributed by atoms with van der Waals surface area (Å²) < 4.78 is 24.9. The number of benzene rings is 3. The van der Waals surface area contributed by atoms with E-state index >= 15 is 0 Å². The van der Waals surface area contributed by atoms with Gasteiger partial charge >= 0.3 is 5.97 Å². The maximum absolute atomic E-state index is 13.9. The van der Waals surface area contributed by atoms with Crippen molar-refractivity contribution in [1.29, 1.82) is 5.26 Å².